The number of pyridine rings is 1. The SMILES string of the molecule is Cc1ncccc1CNC(=O)Nc1ccccc1CS(C)(=O)=O. The van der Waals surface area contributed by atoms with Crippen molar-refractivity contribution in [2.75, 3.05) is 11.6 Å². The highest BCUT2D eigenvalue weighted by Gasteiger charge is 2.11. The molecule has 0 atom stereocenters. The van der Waals surface area contributed by atoms with Gasteiger partial charge in [-0.3, -0.25) is 4.98 Å². The Morgan fingerprint density at radius 2 is 1.83 bits per heavy atom. The number of sulfone groups is 1. The molecule has 2 aromatic rings. The summed E-state index contributed by atoms with van der Waals surface area (Å²) in [7, 11) is -3.18. The van der Waals surface area contributed by atoms with Crippen LogP contribution in [0.3, 0.4) is 0 Å². The molecule has 0 radical (unpaired) electrons. The van der Waals surface area contributed by atoms with Crippen molar-refractivity contribution in [1.29, 1.82) is 0 Å². The van der Waals surface area contributed by atoms with Crippen LogP contribution in [0.5, 0.6) is 0 Å². The molecule has 6 nitrogen and oxygen atoms in total. The van der Waals surface area contributed by atoms with Gasteiger partial charge >= 0.3 is 6.03 Å². The van der Waals surface area contributed by atoms with Crippen molar-refractivity contribution >= 4 is 21.6 Å². The van der Waals surface area contributed by atoms with Crippen LogP contribution in [-0.4, -0.2) is 25.7 Å². The standard InChI is InChI=1S/C16H19N3O3S/c1-12-13(7-5-9-17-12)10-18-16(20)19-15-8-4-3-6-14(15)11-23(2,21)22/h3-9H,10-11H2,1-2H3,(H2,18,19,20). The summed E-state index contributed by atoms with van der Waals surface area (Å²) in [6.45, 7) is 2.22. The number of carbonyl (C=O) groups is 1. The van der Waals surface area contributed by atoms with Gasteiger partial charge in [-0.25, -0.2) is 13.2 Å². The molecule has 7 heteroatoms. The van der Waals surface area contributed by atoms with Gasteiger partial charge in [0.2, 0.25) is 0 Å². The number of benzene rings is 1. The lowest BCUT2D eigenvalue weighted by molar-refractivity contribution is 0.251. The fourth-order valence-electron chi connectivity index (χ4n) is 2.10. The Labute approximate surface area is 135 Å². The smallest absolute Gasteiger partial charge is 0.319 e. The molecule has 0 saturated carbocycles. The van der Waals surface area contributed by atoms with E-state index in [4.69, 9.17) is 0 Å². The number of rotatable bonds is 5. The van der Waals surface area contributed by atoms with Crippen LogP contribution in [0.2, 0.25) is 0 Å². The van der Waals surface area contributed by atoms with Crippen molar-refractivity contribution in [3.8, 4) is 0 Å². The molecule has 2 N–H and O–H groups in total. The fraction of sp³-hybridized carbons (Fsp3) is 0.250. The first kappa shape index (κ1) is 17.0. The van der Waals surface area contributed by atoms with Gasteiger partial charge in [0.1, 0.15) is 0 Å². The lowest BCUT2D eigenvalue weighted by Crippen LogP contribution is -2.29. The van der Waals surface area contributed by atoms with Gasteiger partial charge < -0.3 is 10.6 Å². The van der Waals surface area contributed by atoms with Crippen LogP contribution in [0.4, 0.5) is 10.5 Å². The third kappa shape index (κ3) is 5.37. The van der Waals surface area contributed by atoms with E-state index in [0.717, 1.165) is 17.5 Å². The molecule has 0 saturated heterocycles. The number of para-hydroxylation sites is 1. The van der Waals surface area contributed by atoms with Gasteiger partial charge in [0, 0.05) is 30.4 Å². The lowest BCUT2D eigenvalue weighted by atomic mass is 10.2. The van der Waals surface area contributed by atoms with Crippen molar-refractivity contribution in [3.63, 3.8) is 0 Å². The summed E-state index contributed by atoms with van der Waals surface area (Å²) < 4.78 is 22.9. The topological polar surface area (TPSA) is 88.2 Å². The maximum atomic E-state index is 12.0. The van der Waals surface area contributed by atoms with Crippen molar-refractivity contribution in [1.82, 2.24) is 10.3 Å². The highest BCUT2D eigenvalue weighted by atomic mass is 32.2. The van der Waals surface area contributed by atoms with Gasteiger partial charge in [-0.2, -0.15) is 0 Å². The van der Waals surface area contributed by atoms with Gasteiger partial charge in [-0.15, -0.1) is 0 Å². The van der Waals surface area contributed by atoms with Crippen LogP contribution < -0.4 is 10.6 Å². The first-order chi connectivity index (χ1) is 10.8. The van der Waals surface area contributed by atoms with E-state index < -0.39 is 15.9 Å². The summed E-state index contributed by atoms with van der Waals surface area (Å²) in [6, 6.07) is 10.1. The zero-order valence-corrected chi connectivity index (χ0v) is 13.9. The predicted molar refractivity (Wildman–Crippen MR) is 89.8 cm³/mol. The zero-order valence-electron chi connectivity index (χ0n) is 13.0. The van der Waals surface area contributed by atoms with Gasteiger partial charge in [-0.05, 0) is 30.2 Å². The predicted octanol–water partition coefficient (Wildman–Crippen LogP) is 2.26. The van der Waals surface area contributed by atoms with E-state index in [9.17, 15) is 13.2 Å². The van der Waals surface area contributed by atoms with E-state index in [1.54, 1.807) is 30.5 Å². The minimum atomic E-state index is -3.18. The molecule has 0 aliphatic carbocycles. The summed E-state index contributed by atoms with van der Waals surface area (Å²) in [5.41, 5.74) is 2.82. The molecular formula is C16H19N3O3S. The summed E-state index contributed by atoms with van der Waals surface area (Å²) in [6.07, 6.45) is 2.86. The Bertz CT molecular complexity index is 804. The van der Waals surface area contributed by atoms with Crippen molar-refractivity contribution in [2.45, 2.75) is 19.2 Å². The Morgan fingerprint density at radius 3 is 2.52 bits per heavy atom. The second-order valence-corrected chi connectivity index (χ2v) is 7.42. The fourth-order valence-corrected chi connectivity index (χ4v) is 2.91. The molecule has 1 heterocycles. The van der Waals surface area contributed by atoms with Crippen LogP contribution >= 0.6 is 0 Å². The van der Waals surface area contributed by atoms with E-state index in [0.29, 0.717) is 17.8 Å². The molecule has 0 unspecified atom stereocenters. The molecular weight excluding hydrogens is 314 g/mol. The van der Waals surface area contributed by atoms with Crippen molar-refractivity contribution < 1.29 is 13.2 Å². The molecule has 23 heavy (non-hydrogen) atoms. The number of hydrogen-bond acceptors (Lipinski definition) is 4. The number of urea groups is 1. The number of aryl methyl sites for hydroxylation is 1. The van der Waals surface area contributed by atoms with E-state index in [1.807, 2.05) is 19.1 Å². The summed E-state index contributed by atoms with van der Waals surface area (Å²) in [5, 5.41) is 5.43. The summed E-state index contributed by atoms with van der Waals surface area (Å²) in [4.78, 5) is 16.2. The van der Waals surface area contributed by atoms with Crippen molar-refractivity contribution in [2.24, 2.45) is 0 Å². The van der Waals surface area contributed by atoms with Gasteiger partial charge in [0.05, 0.1) is 5.75 Å². The monoisotopic (exact) mass is 333 g/mol. The van der Waals surface area contributed by atoms with Crippen LogP contribution in [-0.2, 0) is 22.1 Å². The minimum absolute atomic E-state index is 0.120. The first-order valence-corrected chi connectivity index (χ1v) is 9.12. The molecule has 0 spiro atoms. The molecule has 0 aliphatic heterocycles. The van der Waals surface area contributed by atoms with E-state index in [1.165, 1.54) is 0 Å². The van der Waals surface area contributed by atoms with Gasteiger partial charge in [0.15, 0.2) is 9.84 Å². The summed E-state index contributed by atoms with van der Waals surface area (Å²) in [5.74, 6) is -0.120. The molecule has 0 aliphatic rings. The quantitative estimate of drug-likeness (QED) is 0.878. The van der Waals surface area contributed by atoms with Gasteiger partial charge in [0.25, 0.3) is 0 Å². The Kier molecular flexibility index (Phi) is 5.33. The number of nitrogens with zero attached hydrogens (tertiary/aromatic N) is 1. The van der Waals surface area contributed by atoms with Crippen LogP contribution in [0.1, 0.15) is 16.8 Å². The number of anilines is 1. The van der Waals surface area contributed by atoms with Crippen molar-refractivity contribution in [3.05, 3.63) is 59.4 Å². The highest BCUT2D eigenvalue weighted by molar-refractivity contribution is 7.89. The van der Waals surface area contributed by atoms with E-state index >= 15 is 0 Å². The average molecular weight is 333 g/mol. The van der Waals surface area contributed by atoms with Crippen LogP contribution in [0, 0.1) is 6.92 Å². The Balaban J connectivity index is 2.02. The lowest BCUT2D eigenvalue weighted by Gasteiger charge is -2.12. The largest absolute Gasteiger partial charge is 0.334 e. The Morgan fingerprint density at radius 1 is 1.13 bits per heavy atom. The number of nitrogens with one attached hydrogen (secondary N) is 2. The molecule has 2 rings (SSSR count). The van der Waals surface area contributed by atoms with E-state index in [2.05, 4.69) is 15.6 Å². The number of aromatic nitrogens is 1. The normalized spacial score (nSPS) is 11.0. The Hall–Kier alpha value is -2.41. The minimum Gasteiger partial charge on any atom is -0.334 e. The van der Waals surface area contributed by atoms with E-state index in [-0.39, 0.29) is 5.75 Å². The maximum Gasteiger partial charge on any atom is 0.319 e. The molecule has 0 bridgehead atoms. The second-order valence-electron chi connectivity index (χ2n) is 5.28. The average Bonchev–Trinajstić information content (AvgIpc) is 2.47. The van der Waals surface area contributed by atoms with Crippen LogP contribution in [0.15, 0.2) is 42.6 Å². The number of carbonyl (C=O) groups excluding carboxylic acids is 1. The second kappa shape index (κ2) is 7.23. The molecule has 2 amide bonds. The molecule has 122 valence electrons. The van der Waals surface area contributed by atoms with Gasteiger partial charge in [-0.1, -0.05) is 24.3 Å². The first-order valence-electron chi connectivity index (χ1n) is 7.06. The molecule has 0 fully saturated rings. The zero-order chi connectivity index (χ0) is 16.9. The maximum absolute atomic E-state index is 12.0. The third-order valence-electron chi connectivity index (χ3n) is 3.24. The van der Waals surface area contributed by atoms with Crippen LogP contribution in [0.25, 0.3) is 0 Å². The summed E-state index contributed by atoms with van der Waals surface area (Å²) >= 11 is 0. The number of hydrogen-bond donors (Lipinski definition) is 2. The molecule has 1 aromatic heterocycles. The molecule has 1 aromatic carbocycles. The number of amides is 2. The highest BCUT2D eigenvalue weighted by Crippen LogP contribution is 2.17. The third-order valence-corrected chi connectivity index (χ3v) is 4.07.